The standard InChI is InChI=1S/C18H23N5O3/c1-4-16(24)12-23-11-14(20-21-23)10-19-18(26)13-6-8-15(9-7-13)22(3)17(25)5-2/h5-9,11,16,24H,2,4,10,12H2,1,3H3,(H,19,26). The molecule has 1 aromatic carbocycles. The summed E-state index contributed by atoms with van der Waals surface area (Å²) >= 11 is 0. The molecule has 0 aliphatic carbocycles. The van der Waals surface area contributed by atoms with Gasteiger partial charge in [-0.25, -0.2) is 4.68 Å². The normalized spacial score (nSPS) is 11.7. The lowest BCUT2D eigenvalue weighted by molar-refractivity contribution is -0.113. The zero-order valence-electron chi connectivity index (χ0n) is 14.9. The minimum atomic E-state index is -0.469. The molecule has 0 spiro atoms. The number of likely N-dealkylation sites (N-methyl/N-ethyl adjacent to an activating group) is 1. The fourth-order valence-corrected chi connectivity index (χ4v) is 2.23. The first-order valence-electron chi connectivity index (χ1n) is 8.30. The molecule has 0 saturated carbocycles. The quantitative estimate of drug-likeness (QED) is 0.690. The van der Waals surface area contributed by atoms with Crippen LogP contribution in [0, 0.1) is 0 Å². The van der Waals surface area contributed by atoms with Crippen molar-refractivity contribution in [3.8, 4) is 0 Å². The molecular formula is C18H23N5O3. The third-order valence-electron chi connectivity index (χ3n) is 3.91. The fourth-order valence-electron chi connectivity index (χ4n) is 2.23. The highest BCUT2D eigenvalue weighted by molar-refractivity contribution is 6.01. The van der Waals surface area contributed by atoms with Gasteiger partial charge in [0.15, 0.2) is 0 Å². The van der Waals surface area contributed by atoms with E-state index in [-0.39, 0.29) is 18.4 Å². The largest absolute Gasteiger partial charge is 0.391 e. The molecule has 0 aliphatic heterocycles. The van der Waals surface area contributed by atoms with Gasteiger partial charge in [-0.05, 0) is 36.8 Å². The van der Waals surface area contributed by atoms with E-state index in [2.05, 4.69) is 22.2 Å². The van der Waals surface area contributed by atoms with Crippen molar-refractivity contribution in [2.24, 2.45) is 0 Å². The van der Waals surface area contributed by atoms with Crippen molar-refractivity contribution < 1.29 is 14.7 Å². The van der Waals surface area contributed by atoms with Crippen molar-refractivity contribution in [3.05, 3.63) is 54.4 Å². The number of hydrogen-bond acceptors (Lipinski definition) is 5. The van der Waals surface area contributed by atoms with Gasteiger partial charge in [-0.15, -0.1) is 5.10 Å². The lowest BCUT2D eigenvalue weighted by Gasteiger charge is -2.15. The van der Waals surface area contributed by atoms with E-state index in [1.807, 2.05) is 6.92 Å². The van der Waals surface area contributed by atoms with Gasteiger partial charge in [0.05, 0.1) is 25.4 Å². The van der Waals surface area contributed by atoms with Crippen LogP contribution in [0.3, 0.4) is 0 Å². The zero-order chi connectivity index (χ0) is 19.1. The minimum absolute atomic E-state index is 0.224. The topological polar surface area (TPSA) is 100 Å². The van der Waals surface area contributed by atoms with E-state index in [0.717, 1.165) is 0 Å². The Balaban J connectivity index is 1.92. The molecule has 26 heavy (non-hydrogen) atoms. The minimum Gasteiger partial charge on any atom is -0.391 e. The number of carbonyl (C=O) groups excluding carboxylic acids is 2. The van der Waals surface area contributed by atoms with E-state index in [4.69, 9.17) is 0 Å². The Hall–Kier alpha value is -3.00. The number of aliphatic hydroxyl groups excluding tert-OH is 1. The smallest absolute Gasteiger partial charge is 0.251 e. The van der Waals surface area contributed by atoms with E-state index in [1.165, 1.54) is 11.0 Å². The number of aromatic nitrogens is 3. The summed E-state index contributed by atoms with van der Waals surface area (Å²) in [6.45, 7) is 5.94. The number of rotatable bonds is 8. The van der Waals surface area contributed by atoms with Crippen LogP contribution in [-0.2, 0) is 17.9 Å². The van der Waals surface area contributed by atoms with Crippen molar-refractivity contribution >= 4 is 17.5 Å². The maximum atomic E-state index is 12.2. The third-order valence-corrected chi connectivity index (χ3v) is 3.91. The number of anilines is 1. The van der Waals surface area contributed by atoms with Crippen molar-refractivity contribution in [1.29, 1.82) is 0 Å². The van der Waals surface area contributed by atoms with Crippen LogP contribution >= 0.6 is 0 Å². The molecule has 2 amide bonds. The van der Waals surface area contributed by atoms with Gasteiger partial charge in [0.1, 0.15) is 5.69 Å². The molecule has 0 radical (unpaired) electrons. The van der Waals surface area contributed by atoms with Crippen molar-refractivity contribution in [3.63, 3.8) is 0 Å². The predicted molar refractivity (Wildman–Crippen MR) is 97.5 cm³/mol. The molecule has 0 aliphatic rings. The Bertz CT molecular complexity index is 769. The molecule has 138 valence electrons. The van der Waals surface area contributed by atoms with E-state index < -0.39 is 6.10 Å². The summed E-state index contributed by atoms with van der Waals surface area (Å²) in [5, 5.41) is 20.3. The highest BCUT2D eigenvalue weighted by Gasteiger charge is 2.11. The van der Waals surface area contributed by atoms with E-state index in [0.29, 0.717) is 29.9 Å². The average molecular weight is 357 g/mol. The molecule has 2 N–H and O–H groups in total. The van der Waals surface area contributed by atoms with Gasteiger partial charge in [-0.2, -0.15) is 0 Å². The molecule has 1 unspecified atom stereocenters. The predicted octanol–water partition coefficient (Wildman–Crippen LogP) is 1.13. The molecule has 0 saturated heterocycles. The molecule has 1 atom stereocenters. The summed E-state index contributed by atoms with van der Waals surface area (Å²) in [5.74, 6) is -0.476. The molecule has 2 rings (SSSR count). The number of aliphatic hydroxyl groups is 1. The van der Waals surface area contributed by atoms with Gasteiger partial charge in [-0.3, -0.25) is 9.59 Å². The van der Waals surface area contributed by atoms with E-state index in [1.54, 1.807) is 42.2 Å². The lowest BCUT2D eigenvalue weighted by atomic mass is 10.2. The van der Waals surface area contributed by atoms with Gasteiger partial charge in [0.2, 0.25) is 5.91 Å². The third kappa shape index (κ3) is 5.00. The van der Waals surface area contributed by atoms with Crippen LogP contribution < -0.4 is 10.2 Å². The number of hydrogen-bond donors (Lipinski definition) is 2. The number of benzene rings is 1. The fraction of sp³-hybridized carbons (Fsp3) is 0.333. The van der Waals surface area contributed by atoms with Crippen LogP contribution in [0.2, 0.25) is 0 Å². The maximum absolute atomic E-state index is 12.2. The van der Waals surface area contributed by atoms with E-state index in [9.17, 15) is 14.7 Å². The van der Waals surface area contributed by atoms with Crippen molar-refractivity contribution in [2.45, 2.75) is 32.5 Å². The number of carbonyl (C=O) groups is 2. The Morgan fingerprint density at radius 2 is 2.08 bits per heavy atom. The van der Waals surface area contributed by atoms with E-state index >= 15 is 0 Å². The molecular weight excluding hydrogens is 334 g/mol. The number of nitrogens with zero attached hydrogens (tertiary/aromatic N) is 4. The summed E-state index contributed by atoms with van der Waals surface area (Å²) in [4.78, 5) is 25.2. The van der Waals surface area contributed by atoms with Gasteiger partial charge in [0, 0.05) is 18.3 Å². The summed E-state index contributed by atoms with van der Waals surface area (Å²) in [7, 11) is 1.64. The molecule has 1 heterocycles. The Kier molecular flexibility index (Phi) is 6.62. The molecule has 2 aromatic rings. The average Bonchev–Trinajstić information content (AvgIpc) is 3.12. The van der Waals surface area contributed by atoms with Crippen LogP contribution in [0.15, 0.2) is 43.1 Å². The SMILES string of the molecule is C=CC(=O)N(C)c1ccc(C(=O)NCc2cn(CC(O)CC)nn2)cc1. The highest BCUT2D eigenvalue weighted by Crippen LogP contribution is 2.14. The van der Waals surface area contributed by atoms with Gasteiger partial charge in [-0.1, -0.05) is 18.7 Å². The summed E-state index contributed by atoms with van der Waals surface area (Å²) in [6, 6.07) is 6.68. The Morgan fingerprint density at radius 1 is 1.38 bits per heavy atom. The Morgan fingerprint density at radius 3 is 2.69 bits per heavy atom. The van der Waals surface area contributed by atoms with Gasteiger partial charge >= 0.3 is 0 Å². The van der Waals surface area contributed by atoms with Crippen molar-refractivity contribution in [1.82, 2.24) is 20.3 Å². The Labute approximate surface area is 152 Å². The molecule has 8 nitrogen and oxygen atoms in total. The molecule has 8 heteroatoms. The van der Waals surface area contributed by atoms with Crippen LogP contribution in [-0.4, -0.2) is 45.1 Å². The second-order valence-electron chi connectivity index (χ2n) is 5.82. The van der Waals surface area contributed by atoms with Gasteiger partial charge in [0.25, 0.3) is 5.91 Å². The van der Waals surface area contributed by atoms with Crippen LogP contribution in [0.25, 0.3) is 0 Å². The molecule has 0 fully saturated rings. The second-order valence-corrected chi connectivity index (χ2v) is 5.82. The van der Waals surface area contributed by atoms with Crippen LogP contribution in [0.1, 0.15) is 29.4 Å². The first kappa shape index (κ1) is 19.3. The van der Waals surface area contributed by atoms with Crippen LogP contribution in [0.4, 0.5) is 5.69 Å². The first-order chi connectivity index (χ1) is 12.4. The second kappa shape index (κ2) is 8.91. The maximum Gasteiger partial charge on any atom is 0.251 e. The number of nitrogens with one attached hydrogen (secondary N) is 1. The zero-order valence-corrected chi connectivity index (χ0v) is 14.9. The number of amides is 2. The van der Waals surface area contributed by atoms with Gasteiger partial charge < -0.3 is 15.3 Å². The summed E-state index contributed by atoms with van der Waals surface area (Å²) in [6.07, 6.45) is 3.09. The molecule has 1 aromatic heterocycles. The summed E-state index contributed by atoms with van der Waals surface area (Å²) in [5.41, 5.74) is 1.75. The first-order valence-corrected chi connectivity index (χ1v) is 8.30. The highest BCUT2D eigenvalue weighted by atomic mass is 16.3. The monoisotopic (exact) mass is 357 g/mol. The summed E-state index contributed by atoms with van der Waals surface area (Å²) < 4.78 is 1.55. The lowest BCUT2D eigenvalue weighted by Crippen LogP contribution is -2.25. The molecule has 0 bridgehead atoms. The van der Waals surface area contributed by atoms with Crippen molar-refractivity contribution in [2.75, 3.05) is 11.9 Å². The van der Waals surface area contributed by atoms with Crippen LogP contribution in [0.5, 0.6) is 0 Å².